The fourth-order valence-corrected chi connectivity index (χ4v) is 3.98. The molecule has 0 bridgehead atoms. The van der Waals surface area contributed by atoms with Crippen molar-refractivity contribution < 1.29 is 14.0 Å². The number of ether oxygens (including phenoxy) is 2. The Kier molecular flexibility index (Phi) is 8.58. The Morgan fingerprint density at radius 3 is 2.36 bits per heavy atom. The third kappa shape index (κ3) is 4.97. The summed E-state index contributed by atoms with van der Waals surface area (Å²) in [5.41, 5.74) is 1.61. The Morgan fingerprint density at radius 2 is 1.82 bits per heavy atom. The number of anilines is 1. The van der Waals surface area contributed by atoms with Gasteiger partial charge in [0.25, 0.3) is 0 Å². The van der Waals surface area contributed by atoms with Crippen molar-refractivity contribution in [3.8, 4) is 11.5 Å². The molecule has 1 aromatic carbocycles. The Balaban J connectivity index is 2.23. The van der Waals surface area contributed by atoms with Crippen molar-refractivity contribution >= 4 is 34.7 Å². The van der Waals surface area contributed by atoms with Crippen LogP contribution < -0.4 is 14.8 Å². The van der Waals surface area contributed by atoms with Gasteiger partial charge in [0.2, 0.25) is 5.88 Å². The highest BCUT2D eigenvalue weighted by atomic mass is 35.5. The molecule has 1 aromatic heterocycles. The summed E-state index contributed by atoms with van der Waals surface area (Å²) >= 11 is 11.4. The van der Waals surface area contributed by atoms with E-state index in [0.29, 0.717) is 33.8 Å². The minimum absolute atomic E-state index is 0.0146. The van der Waals surface area contributed by atoms with E-state index in [4.69, 9.17) is 37.8 Å². The number of thiocarbonyl (C=S) groups is 1. The van der Waals surface area contributed by atoms with Crippen LogP contribution in [0.1, 0.15) is 57.2 Å². The highest BCUT2D eigenvalue weighted by Crippen LogP contribution is 2.37. The third-order valence-electron chi connectivity index (χ3n) is 5.34. The summed E-state index contributed by atoms with van der Waals surface area (Å²) in [4.78, 5) is 0.456. The van der Waals surface area contributed by atoms with Gasteiger partial charge in [-0.3, -0.25) is 0 Å². The van der Waals surface area contributed by atoms with Crippen molar-refractivity contribution in [1.82, 2.24) is 5.16 Å². The molecule has 1 heterocycles. The van der Waals surface area contributed by atoms with Crippen LogP contribution in [0, 0.1) is 0 Å². The van der Waals surface area contributed by atoms with E-state index in [0.717, 1.165) is 37.8 Å². The number of hydrogen-bond donors (Lipinski definition) is 1. The van der Waals surface area contributed by atoms with Crippen LogP contribution in [0.25, 0.3) is 0 Å². The zero-order valence-corrected chi connectivity index (χ0v) is 18.6. The first-order valence-electron chi connectivity index (χ1n) is 9.60. The van der Waals surface area contributed by atoms with Gasteiger partial charge < -0.3 is 19.3 Å². The molecule has 7 heteroatoms. The first-order chi connectivity index (χ1) is 13.5. The van der Waals surface area contributed by atoms with E-state index in [1.165, 1.54) is 0 Å². The molecule has 2 aromatic rings. The third-order valence-corrected chi connectivity index (χ3v) is 5.91. The fraction of sp³-hybridized carbons (Fsp3) is 0.524. The van der Waals surface area contributed by atoms with Crippen LogP contribution >= 0.6 is 23.8 Å². The van der Waals surface area contributed by atoms with Crippen molar-refractivity contribution in [3.05, 3.63) is 35.5 Å². The lowest BCUT2D eigenvalue weighted by molar-refractivity contribution is 0.318. The molecule has 28 heavy (non-hydrogen) atoms. The summed E-state index contributed by atoms with van der Waals surface area (Å²) in [7, 11) is 3.20. The van der Waals surface area contributed by atoms with Gasteiger partial charge >= 0.3 is 0 Å². The first kappa shape index (κ1) is 22.5. The molecular weight excluding hydrogens is 396 g/mol. The van der Waals surface area contributed by atoms with Crippen molar-refractivity contribution in [2.75, 3.05) is 25.4 Å². The topological polar surface area (TPSA) is 56.5 Å². The van der Waals surface area contributed by atoms with E-state index in [9.17, 15) is 0 Å². The van der Waals surface area contributed by atoms with E-state index < -0.39 is 0 Å². The van der Waals surface area contributed by atoms with E-state index in [1.54, 1.807) is 14.2 Å². The monoisotopic (exact) mass is 424 g/mol. The number of methoxy groups -OCH3 is 2. The maximum absolute atomic E-state index is 5.85. The summed E-state index contributed by atoms with van der Waals surface area (Å²) in [5.74, 6) is 2.46. The number of benzene rings is 1. The molecular formula is C21H29ClN2O3S. The van der Waals surface area contributed by atoms with Gasteiger partial charge in [0.15, 0.2) is 0 Å². The molecule has 154 valence electrons. The lowest BCUT2D eigenvalue weighted by Crippen LogP contribution is -2.25. The van der Waals surface area contributed by atoms with Gasteiger partial charge in [-0.15, -0.1) is 11.6 Å². The minimum atomic E-state index is -0.0146. The van der Waals surface area contributed by atoms with Crippen LogP contribution in [-0.2, 0) is 5.41 Å². The van der Waals surface area contributed by atoms with Crippen LogP contribution in [0.3, 0.4) is 0 Å². The molecule has 0 radical (unpaired) electrons. The second kappa shape index (κ2) is 10.7. The molecule has 2 rings (SSSR count). The lowest BCUT2D eigenvalue weighted by Gasteiger charge is -2.29. The van der Waals surface area contributed by atoms with Crippen LogP contribution in [0.5, 0.6) is 11.5 Å². The molecule has 0 fully saturated rings. The second-order valence-electron chi connectivity index (χ2n) is 6.70. The number of aromatic nitrogens is 1. The average Bonchev–Trinajstić information content (AvgIpc) is 3.19. The number of rotatable bonds is 11. The molecule has 0 atom stereocenters. The lowest BCUT2D eigenvalue weighted by atomic mass is 9.75. The second-order valence-corrected chi connectivity index (χ2v) is 7.49. The number of nitrogens with one attached hydrogen (secondary N) is 1. The summed E-state index contributed by atoms with van der Waals surface area (Å²) in [6.45, 7) is 4.38. The molecule has 0 aliphatic rings. The van der Waals surface area contributed by atoms with Gasteiger partial charge in [-0.05, 0) is 37.8 Å². The Bertz CT molecular complexity index is 753. The summed E-state index contributed by atoms with van der Waals surface area (Å²) in [5, 5.41) is 7.49. The molecule has 5 nitrogen and oxygen atoms in total. The van der Waals surface area contributed by atoms with E-state index >= 15 is 0 Å². The van der Waals surface area contributed by atoms with Gasteiger partial charge in [-0.2, -0.15) is 0 Å². The minimum Gasteiger partial charge on any atom is -0.496 e. The predicted molar refractivity (Wildman–Crippen MR) is 118 cm³/mol. The van der Waals surface area contributed by atoms with Crippen LogP contribution in [0.4, 0.5) is 5.88 Å². The highest BCUT2D eigenvalue weighted by molar-refractivity contribution is 7.81. The van der Waals surface area contributed by atoms with Gasteiger partial charge in [0, 0.05) is 17.4 Å². The van der Waals surface area contributed by atoms with Gasteiger partial charge in [0.05, 0.1) is 25.5 Å². The van der Waals surface area contributed by atoms with E-state index in [1.807, 2.05) is 24.3 Å². The van der Waals surface area contributed by atoms with Crippen molar-refractivity contribution in [2.24, 2.45) is 0 Å². The van der Waals surface area contributed by atoms with Crippen LogP contribution in [0.2, 0.25) is 0 Å². The quantitative estimate of drug-likeness (QED) is 0.273. The largest absolute Gasteiger partial charge is 0.496 e. The first-order valence-corrected chi connectivity index (χ1v) is 10.5. The molecule has 0 saturated carbocycles. The van der Waals surface area contributed by atoms with E-state index in [2.05, 4.69) is 24.3 Å². The van der Waals surface area contributed by atoms with Crippen LogP contribution in [0.15, 0.2) is 28.8 Å². The van der Waals surface area contributed by atoms with Gasteiger partial charge in [0.1, 0.15) is 16.5 Å². The van der Waals surface area contributed by atoms with E-state index in [-0.39, 0.29) is 5.41 Å². The standard InChI is InChI=1S/C21H29ClN2O3S/c1-5-21(6-2,12-7-8-13-22)17-14-18(27-24-17)23-20(28)19-15(25-3)10-9-11-16(19)26-4/h9-11,14H,5-8,12-13H2,1-4H3,(H,23,28). The smallest absolute Gasteiger partial charge is 0.229 e. The predicted octanol–water partition coefficient (Wildman–Crippen LogP) is 5.95. The fourth-order valence-electron chi connectivity index (χ4n) is 3.49. The number of halogens is 1. The highest BCUT2D eigenvalue weighted by Gasteiger charge is 2.31. The zero-order chi connectivity index (χ0) is 20.6. The molecule has 0 amide bonds. The maximum Gasteiger partial charge on any atom is 0.229 e. The summed E-state index contributed by atoms with van der Waals surface area (Å²) in [6, 6.07) is 7.48. The Morgan fingerprint density at radius 1 is 1.18 bits per heavy atom. The van der Waals surface area contributed by atoms with Crippen LogP contribution in [-0.4, -0.2) is 30.2 Å². The number of nitrogens with zero attached hydrogens (tertiary/aromatic N) is 1. The summed E-state index contributed by atoms with van der Waals surface area (Å²) < 4.78 is 16.4. The zero-order valence-electron chi connectivity index (χ0n) is 17.0. The Hall–Kier alpha value is -1.79. The van der Waals surface area contributed by atoms with Crippen molar-refractivity contribution in [2.45, 2.75) is 51.4 Å². The molecule has 1 N–H and O–H groups in total. The number of unbranched alkanes of at least 4 members (excludes halogenated alkanes) is 1. The normalized spacial score (nSPS) is 11.3. The average molecular weight is 425 g/mol. The number of hydrogen-bond acceptors (Lipinski definition) is 5. The summed E-state index contributed by atoms with van der Waals surface area (Å²) in [6.07, 6.45) is 5.08. The maximum atomic E-state index is 5.85. The molecule has 0 spiro atoms. The molecule has 0 saturated heterocycles. The SMILES string of the molecule is CCC(CC)(CCCCCl)c1cc(NC(=S)c2c(OC)cccc2OC)on1. The molecule has 0 unspecified atom stereocenters. The van der Waals surface area contributed by atoms with Gasteiger partial charge in [-0.25, -0.2) is 0 Å². The van der Waals surface area contributed by atoms with Crippen molar-refractivity contribution in [1.29, 1.82) is 0 Å². The van der Waals surface area contributed by atoms with Gasteiger partial charge in [-0.1, -0.05) is 43.7 Å². The van der Waals surface area contributed by atoms with Crippen molar-refractivity contribution in [3.63, 3.8) is 0 Å². The molecule has 0 aliphatic heterocycles. The molecule has 0 aliphatic carbocycles. The number of alkyl halides is 1. The Labute approximate surface area is 177 Å².